The quantitative estimate of drug-likeness (QED) is 0.422. The molecule has 25 heavy (non-hydrogen) atoms. The van der Waals surface area contributed by atoms with Crippen LogP contribution in [0.15, 0.2) is 22.5 Å². The van der Waals surface area contributed by atoms with Crippen LogP contribution in [0.2, 0.25) is 0 Å². The van der Waals surface area contributed by atoms with Gasteiger partial charge in [0.05, 0.1) is 26.6 Å². The second kappa shape index (κ2) is 9.23. The standard InChI is InChI=1S/C15H17N3O5S2/c1-4-23-12(19)8-24-15-18-17-14(25-15)16-13(20)9-5-10(21-2)7-11(6-9)22-3/h5-7H,4,8H2,1-3H3,(H,16,17,20). The second-order valence-corrected chi connectivity index (χ2v) is 6.72. The highest BCUT2D eigenvalue weighted by Gasteiger charge is 2.14. The molecule has 1 amide bonds. The third-order valence-electron chi connectivity index (χ3n) is 2.86. The SMILES string of the molecule is CCOC(=O)CSc1nnc(NC(=O)c2cc(OC)cc(OC)c2)s1. The van der Waals surface area contributed by atoms with Crippen molar-refractivity contribution >= 4 is 40.1 Å². The summed E-state index contributed by atoms with van der Waals surface area (Å²) in [5, 5.41) is 10.8. The molecular formula is C15H17N3O5S2. The summed E-state index contributed by atoms with van der Waals surface area (Å²) in [5.41, 5.74) is 0.368. The van der Waals surface area contributed by atoms with E-state index in [9.17, 15) is 9.59 Å². The average molecular weight is 383 g/mol. The van der Waals surface area contributed by atoms with Gasteiger partial charge in [0.1, 0.15) is 11.5 Å². The molecule has 0 aliphatic rings. The summed E-state index contributed by atoms with van der Waals surface area (Å²) in [4.78, 5) is 23.7. The maximum Gasteiger partial charge on any atom is 0.316 e. The van der Waals surface area contributed by atoms with Gasteiger partial charge in [-0.3, -0.25) is 14.9 Å². The Morgan fingerprint density at radius 2 is 1.84 bits per heavy atom. The Balaban J connectivity index is 2.00. The Morgan fingerprint density at radius 3 is 2.44 bits per heavy atom. The zero-order valence-corrected chi connectivity index (χ0v) is 15.5. The van der Waals surface area contributed by atoms with Gasteiger partial charge in [-0.1, -0.05) is 23.1 Å². The molecule has 0 atom stereocenters. The summed E-state index contributed by atoms with van der Waals surface area (Å²) in [6.07, 6.45) is 0. The molecule has 0 spiro atoms. The highest BCUT2D eigenvalue weighted by molar-refractivity contribution is 8.01. The molecule has 1 heterocycles. The Labute approximate surface area is 152 Å². The molecule has 1 aromatic heterocycles. The number of nitrogens with zero attached hydrogens (tertiary/aromatic N) is 2. The minimum atomic E-state index is -0.365. The van der Waals surface area contributed by atoms with Gasteiger partial charge in [-0.05, 0) is 19.1 Å². The van der Waals surface area contributed by atoms with E-state index in [1.165, 1.54) is 37.3 Å². The minimum absolute atomic E-state index is 0.142. The zero-order chi connectivity index (χ0) is 18.2. The van der Waals surface area contributed by atoms with E-state index >= 15 is 0 Å². The summed E-state index contributed by atoms with van der Waals surface area (Å²) in [7, 11) is 3.02. The van der Waals surface area contributed by atoms with E-state index < -0.39 is 0 Å². The number of hydrogen-bond acceptors (Lipinski definition) is 9. The van der Waals surface area contributed by atoms with Crippen LogP contribution in [0.25, 0.3) is 0 Å². The molecule has 134 valence electrons. The first-order valence-corrected chi connectivity index (χ1v) is 9.02. The second-order valence-electron chi connectivity index (χ2n) is 4.52. The van der Waals surface area contributed by atoms with Crippen molar-refractivity contribution in [1.29, 1.82) is 0 Å². The number of carbonyl (C=O) groups is 2. The van der Waals surface area contributed by atoms with Crippen molar-refractivity contribution in [3.8, 4) is 11.5 Å². The van der Waals surface area contributed by atoms with Crippen LogP contribution in [0.5, 0.6) is 11.5 Å². The van der Waals surface area contributed by atoms with Crippen molar-refractivity contribution in [1.82, 2.24) is 10.2 Å². The number of rotatable bonds is 8. The lowest BCUT2D eigenvalue weighted by Gasteiger charge is -2.07. The topological polar surface area (TPSA) is 99.6 Å². The van der Waals surface area contributed by atoms with Crippen LogP contribution in [-0.4, -0.2) is 48.7 Å². The maximum absolute atomic E-state index is 12.3. The molecule has 0 fully saturated rings. The van der Waals surface area contributed by atoms with Crippen molar-refractivity contribution in [3.63, 3.8) is 0 Å². The predicted molar refractivity (Wildman–Crippen MR) is 94.8 cm³/mol. The Hall–Kier alpha value is -2.33. The van der Waals surface area contributed by atoms with Crippen molar-refractivity contribution < 1.29 is 23.8 Å². The third kappa shape index (κ3) is 5.61. The van der Waals surface area contributed by atoms with Crippen LogP contribution in [0.4, 0.5) is 5.13 Å². The Bertz CT molecular complexity index is 728. The molecule has 0 aliphatic carbocycles. The van der Waals surface area contributed by atoms with Gasteiger partial charge in [-0.2, -0.15) is 0 Å². The monoisotopic (exact) mass is 383 g/mol. The molecule has 0 bridgehead atoms. The van der Waals surface area contributed by atoms with Crippen LogP contribution >= 0.6 is 23.1 Å². The van der Waals surface area contributed by atoms with Gasteiger partial charge in [-0.15, -0.1) is 10.2 Å². The van der Waals surface area contributed by atoms with Crippen molar-refractivity contribution in [2.75, 3.05) is 31.9 Å². The lowest BCUT2D eigenvalue weighted by Crippen LogP contribution is -2.12. The number of aromatic nitrogens is 2. The van der Waals surface area contributed by atoms with Crippen LogP contribution in [-0.2, 0) is 9.53 Å². The third-order valence-corrected chi connectivity index (χ3v) is 4.80. The van der Waals surface area contributed by atoms with Gasteiger partial charge in [0.2, 0.25) is 5.13 Å². The van der Waals surface area contributed by atoms with Crippen LogP contribution in [0.3, 0.4) is 0 Å². The molecule has 1 aromatic carbocycles. The number of thioether (sulfide) groups is 1. The van der Waals surface area contributed by atoms with Gasteiger partial charge >= 0.3 is 5.97 Å². The van der Waals surface area contributed by atoms with Gasteiger partial charge in [0, 0.05) is 11.6 Å². The number of esters is 1. The number of benzene rings is 1. The predicted octanol–water partition coefficient (Wildman–Crippen LogP) is 2.46. The van der Waals surface area contributed by atoms with E-state index in [1.54, 1.807) is 25.1 Å². The molecule has 1 N–H and O–H groups in total. The molecule has 0 aliphatic heterocycles. The smallest absolute Gasteiger partial charge is 0.316 e. The molecule has 0 saturated heterocycles. The van der Waals surface area contributed by atoms with Gasteiger partial charge < -0.3 is 14.2 Å². The van der Waals surface area contributed by atoms with E-state index in [4.69, 9.17) is 14.2 Å². The van der Waals surface area contributed by atoms with Gasteiger partial charge in [0.15, 0.2) is 4.34 Å². The maximum atomic E-state index is 12.3. The fourth-order valence-electron chi connectivity index (χ4n) is 1.75. The van der Waals surface area contributed by atoms with Crippen molar-refractivity contribution in [2.24, 2.45) is 0 Å². The Morgan fingerprint density at radius 1 is 1.16 bits per heavy atom. The first kappa shape index (κ1) is 19.0. The number of ether oxygens (including phenoxy) is 3. The fourth-order valence-corrected chi connectivity index (χ4v) is 3.29. The molecule has 0 unspecified atom stereocenters. The van der Waals surface area contributed by atoms with E-state index in [0.29, 0.717) is 33.1 Å². The summed E-state index contributed by atoms with van der Waals surface area (Å²) in [6.45, 7) is 2.08. The van der Waals surface area contributed by atoms with E-state index in [0.717, 1.165) is 0 Å². The highest BCUT2D eigenvalue weighted by atomic mass is 32.2. The normalized spacial score (nSPS) is 10.2. The molecular weight excluding hydrogens is 366 g/mol. The zero-order valence-electron chi connectivity index (χ0n) is 13.9. The number of nitrogens with one attached hydrogen (secondary N) is 1. The average Bonchev–Trinajstić information content (AvgIpc) is 3.07. The largest absolute Gasteiger partial charge is 0.497 e. The molecule has 2 rings (SSSR count). The number of carbonyl (C=O) groups excluding carboxylic acids is 2. The molecule has 8 nitrogen and oxygen atoms in total. The fraction of sp³-hybridized carbons (Fsp3) is 0.333. The summed E-state index contributed by atoms with van der Waals surface area (Å²) >= 11 is 2.38. The van der Waals surface area contributed by atoms with Gasteiger partial charge in [-0.25, -0.2) is 0 Å². The minimum Gasteiger partial charge on any atom is -0.497 e. The van der Waals surface area contributed by atoms with Crippen LogP contribution in [0, 0.1) is 0 Å². The molecule has 2 aromatic rings. The number of methoxy groups -OCH3 is 2. The Kier molecular flexibility index (Phi) is 7.02. The van der Waals surface area contributed by atoms with E-state index in [2.05, 4.69) is 15.5 Å². The van der Waals surface area contributed by atoms with Crippen LogP contribution < -0.4 is 14.8 Å². The first-order chi connectivity index (χ1) is 12.0. The highest BCUT2D eigenvalue weighted by Crippen LogP contribution is 2.27. The molecule has 0 saturated carbocycles. The van der Waals surface area contributed by atoms with E-state index in [-0.39, 0.29) is 17.6 Å². The number of anilines is 1. The van der Waals surface area contributed by atoms with Crippen LogP contribution in [0.1, 0.15) is 17.3 Å². The van der Waals surface area contributed by atoms with Crippen molar-refractivity contribution in [2.45, 2.75) is 11.3 Å². The van der Waals surface area contributed by atoms with Gasteiger partial charge in [0.25, 0.3) is 5.91 Å². The summed E-state index contributed by atoms with van der Waals surface area (Å²) in [6, 6.07) is 4.86. The lowest BCUT2D eigenvalue weighted by atomic mass is 10.2. The number of amides is 1. The molecule has 0 radical (unpaired) electrons. The number of hydrogen-bond donors (Lipinski definition) is 1. The van der Waals surface area contributed by atoms with Crippen molar-refractivity contribution in [3.05, 3.63) is 23.8 Å². The molecule has 10 heteroatoms. The first-order valence-electron chi connectivity index (χ1n) is 7.22. The summed E-state index contributed by atoms with van der Waals surface area (Å²) < 4.78 is 15.7. The summed E-state index contributed by atoms with van der Waals surface area (Å²) in [5.74, 6) is 0.468. The lowest BCUT2D eigenvalue weighted by molar-refractivity contribution is -0.139. The van der Waals surface area contributed by atoms with E-state index in [1.807, 2.05) is 0 Å².